The van der Waals surface area contributed by atoms with Crippen molar-refractivity contribution in [2.24, 2.45) is 46.3 Å². The van der Waals surface area contributed by atoms with E-state index in [0.29, 0.717) is 5.41 Å². The number of hydrogen-bond acceptors (Lipinski definition) is 0. The van der Waals surface area contributed by atoms with Crippen LogP contribution in [0.2, 0.25) is 0 Å². The number of allylic oxidation sites excluding steroid dienone is 10. The fourth-order valence-electron chi connectivity index (χ4n) is 10.5. The van der Waals surface area contributed by atoms with E-state index in [1.165, 1.54) is 30.4 Å². The van der Waals surface area contributed by atoms with Crippen LogP contribution >= 0.6 is 0 Å². The van der Waals surface area contributed by atoms with Crippen LogP contribution in [0.4, 0.5) is 0 Å². The lowest BCUT2D eigenvalue weighted by molar-refractivity contribution is -0.0411. The SMILES string of the molecule is C1=CCC=C1.CC(C)=C1C=CC(C23CC4CC(CC(C4)C2)C3)=C1.CC12CC3CC(CC(C3)C1)C2. The van der Waals surface area contributed by atoms with Crippen molar-refractivity contribution in [1.82, 2.24) is 0 Å². The molecule has 0 aromatic heterocycles. The van der Waals surface area contributed by atoms with Gasteiger partial charge in [0.15, 0.2) is 0 Å². The number of hydrogen-bond donors (Lipinski definition) is 0. The van der Waals surface area contributed by atoms with E-state index in [9.17, 15) is 0 Å². The van der Waals surface area contributed by atoms with Gasteiger partial charge in [-0.25, -0.2) is 0 Å². The quantitative estimate of drug-likeness (QED) is 0.368. The monoisotopic (exact) mass is 456 g/mol. The molecule has 0 aromatic carbocycles. The molecule has 0 atom stereocenters. The van der Waals surface area contributed by atoms with Gasteiger partial charge in [0.25, 0.3) is 0 Å². The lowest BCUT2D eigenvalue weighted by Crippen LogP contribution is -2.46. The summed E-state index contributed by atoms with van der Waals surface area (Å²) in [6.45, 7) is 7.01. The van der Waals surface area contributed by atoms with E-state index in [0.717, 1.165) is 47.3 Å². The summed E-state index contributed by atoms with van der Waals surface area (Å²) in [5, 5.41) is 0. The summed E-state index contributed by atoms with van der Waals surface area (Å²) in [7, 11) is 0. The van der Waals surface area contributed by atoms with Crippen molar-refractivity contribution in [2.45, 2.75) is 104 Å². The van der Waals surface area contributed by atoms with Crippen molar-refractivity contribution in [1.29, 1.82) is 0 Å². The topological polar surface area (TPSA) is 0 Å². The summed E-state index contributed by atoms with van der Waals surface area (Å²) in [6.07, 6.45) is 35.4. The lowest BCUT2D eigenvalue weighted by Gasteiger charge is -2.57. The first-order valence-electron chi connectivity index (χ1n) is 14.8. The Balaban J connectivity index is 0.000000114. The molecule has 8 saturated carbocycles. The molecule has 0 aliphatic heterocycles. The van der Waals surface area contributed by atoms with Gasteiger partial charge in [0.1, 0.15) is 0 Å². The Morgan fingerprint density at radius 3 is 1.41 bits per heavy atom. The van der Waals surface area contributed by atoms with Crippen LogP contribution in [0.15, 0.2) is 59.3 Å². The van der Waals surface area contributed by atoms with E-state index in [2.05, 4.69) is 63.3 Å². The Labute approximate surface area is 209 Å². The van der Waals surface area contributed by atoms with Crippen LogP contribution in [0.5, 0.6) is 0 Å². The summed E-state index contributed by atoms with van der Waals surface area (Å²) in [4.78, 5) is 0. The van der Waals surface area contributed by atoms with Crippen molar-refractivity contribution < 1.29 is 0 Å². The minimum Gasteiger partial charge on any atom is -0.0808 e. The van der Waals surface area contributed by atoms with Gasteiger partial charge in [-0.2, -0.15) is 0 Å². The van der Waals surface area contributed by atoms with E-state index in [1.54, 1.807) is 63.4 Å². The van der Waals surface area contributed by atoms with Crippen molar-refractivity contribution in [3.05, 3.63) is 59.3 Å². The van der Waals surface area contributed by atoms with Gasteiger partial charge in [-0.3, -0.25) is 0 Å². The summed E-state index contributed by atoms with van der Waals surface area (Å²) < 4.78 is 0. The minimum atomic E-state index is 0.586. The molecule has 0 N–H and O–H groups in total. The molecule has 0 unspecified atom stereocenters. The fraction of sp³-hybridized carbons (Fsp3) is 0.706. The Hall–Kier alpha value is -1.30. The standard InChI is InChI=1S/C18H24.C11H18.C5H6/c1-12(2)16-3-4-17(8-16)18-9-13-5-14(10-18)7-15(6-13)11-18;1-11-5-8-2-9(6-11)4-10(3-8)7-11;1-2-4-5-3-1/h3-4,8,13-15H,5-7,9-11H2,1-2H3;8-10H,2-7H2,1H3;1-4H,5H2. The first-order chi connectivity index (χ1) is 16.4. The van der Waals surface area contributed by atoms with E-state index in [-0.39, 0.29) is 0 Å². The average Bonchev–Trinajstić information content (AvgIpc) is 3.47. The van der Waals surface area contributed by atoms with Crippen LogP contribution in [0.1, 0.15) is 104 Å². The van der Waals surface area contributed by atoms with Crippen LogP contribution in [-0.4, -0.2) is 0 Å². The largest absolute Gasteiger partial charge is 0.0808 e. The average molecular weight is 457 g/mol. The molecule has 0 nitrogen and oxygen atoms in total. The van der Waals surface area contributed by atoms with Crippen LogP contribution in [0.25, 0.3) is 0 Å². The van der Waals surface area contributed by atoms with Crippen LogP contribution in [0.3, 0.4) is 0 Å². The molecule has 8 bridgehead atoms. The molecule has 0 heterocycles. The van der Waals surface area contributed by atoms with Gasteiger partial charge in [-0.15, -0.1) is 0 Å². The highest BCUT2D eigenvalue weighted by molar-refractivity contribution is 5.50. The van der Waals surface area contributed by atoms with Gasteiger partial charge in [0, 0.05) is 0 Å². The predicted molar refractivity (Wildman–Crippen MR) is 145 cm³/mol. The maximum absolute atomic E-state index is 2.54. The number of rotatable bonds is 1. The van der Waals surface area contributed by atoms with Gasteiger partial charge in [-0.05, 0) is 155 Å². The van der Waals surface area contributed by atoms with E-state index in [1.807, 2.05) is 0 Å². The zero-order valence-electron chi connectivity index (χ0n) is 22.2. The van der Waals surface area contributed by atoms with E-state index >= 15 is 0 Å². The van der Waals surface area contributed by atoms with Gasteiger partial charge >= 0.3 is 0 Å². The van der Waals surface area contributed by atoms with Gasteiger partial charge in [0.2, 0.25) is 0 Å². The second-order valence-corrected chi connectivity index (χ2v) is 14.4. The Morgan fingerprint density at radius 1 is 0.647 bits per heavy atom. The van der Waals surface area contributed by atoms with Crippen molar-refractivity contribution in [2.75, 3.05) is 0 Å². The highest BCUT2D eigenvalue weighted by atomic mass is 14.6. The van der Waals surface area contributed by atoms with E-state index < -0.39 is 0 Å². The molecule has 0 spiro atoms. The molecule has 0 heteroatoms. The third kappa shape index (κ3) is 4.60. The van der Waals surface area contributed by atoms with Crippen LogP contribution < -0.4 is 0 Å². The summed E-state index contributed by atoms with van der Waals surface area (Å²) >= 11 is 0. The fourth-order valence-corrected chi connectivity index (χ4v) is 10.5. The molecular weight excluding hydrogens is 408 g/mol. The van der Waals surface area contributed by atoms with Gasteiger partial charge in [0.05, 0.1) is 0 Å². The molecule has 0 radical (unpaired) electrons. The minimum absolute atomic E-state index is 0.586. The lowest BCUT2D eigenvalue weighted by atomic mass is 9.48. The zero-order chi connectivity index (χ0) is 23.3. The Morgan fingerprint density at radius 2 is 1.09 bits per heavy atom. The van der Waals surface area contributed by atoms with Crippen LogP contribution in [-0.2, 0) is 0 Å². The second-order valence-electron chi connectivity index (χ2n) is 14.4. The summed E-state index contributed by atoms with van der Waals surface area (Å²) in [6, 6.07) is 0. The smallest absolute Gasteiger partial charge is 0.00388 e. The molecule has 184 valence electrons. The maximum atomic E-state index is 2.54. The van der Waals surface area contributed by atoms with Crippen LogP contribution in [0, 0.1) is 46.3 Å². The van der Waals surface area contributed by atoms with Crippen molar-refractivity contribution in [3.63, 3.8) is 0 Å². The molecule has 0 aromatic rings. The zero-order valence-corrected chi connectivity index (χ0v) is 22.2. The molecule has 0 amide bonds. The molecule has 0 saturated heterocycles. The summed E-state index contributed by atoms with van der Waals surface area (Å²) in [5.41, 5.74) is 6.00. The highest BCUT2D eigenvalue weighted by Crippen LogP contribution is 2.63. The molecular formula is C34H48. The third-order valence-electron chi connectivity index (χ3n) is 11.0. The van der Waals surface area contributed by atoms with Gasteiger partial charge in [-0.1, -0.05) is 55.0 Å². The molecule has 8 fully saturated rings. The van der Waals surface area contributed by atoms with Crippen molar-refractivity contribution in [3.8, 4) is 0 Å². The first kappa shape index (κ1) is 23.1. The molecule has 10 rings (SSSR count). The molecule has 34 heavy (non-hydrogen) atoms. The molecule has 10 aliphatic carbocycles. The van der Waals surface area contributed by atoms with E-state index in [4.69, 9.17) is 0 Å². The maximum Gasteiger partial charge on any atom is -0.00388 e. The normalized spacial score (nSPS) is 45.7. The van der Waals surface area contributed by atoms with Gasteiger partial charge < -0.3 is 0 Å². The Kier molecular flexibility index (Phi) is 6.10. The summed E-state index contributed by atoms with van der Waals surface area (Å²) in [5.74, 6) is 6.60. The Bertz CT molecular complexity index is 847. The second kappa shape index (κ2) is 8.97. The highest BCUT2D eigenvalue weighted by Gasteiger charge is 2.52. The predicted octanol–water partition coefficient (Wildman–Crippen LogP) is 9.76. The molecule has 10 aliphatic rings. The first-order valence-corrected chi connectivity index (χ1v) is 14.8. The third-order valence-corrected chi connectivity index (χ3v) is 11.0. The van der Waals surface area contributed by atoms with Crippen molar-refractivity contribution >= 4 is 0 Å².